The lowest BCUT2D eigenvalue weighted by Crippen LogP contribution is -2.61. The summed E-state index contributed by atoms with van der Waals surface area (Å²) in [5, 5.41) is 25.2. The van der Waals surface area contributed by atoms with E-state index in [-0.39, 0.29) is 48.7 Å². The van der Waals surface area contributed by atoms with Crippen LogP contribution in [0.3, 0.4) is 0 Å². The minimum Gasteiger partial charge on any atom is -0.458 e. The molecule has 0 aliphatic carbocycles. The summed E-state index contributed by atoms with van der Waals surface area (Å²) in [6.45, 7) is 37.2. The number of fused-ring (bicyclic) bond motifs is 4. The molecule has 9 fully saturated rings. The molecule has 30 nitrogen and oxygen atoms in total. The first-order chi connectivity index (χ1) is 51.6. The van der Waals surface area contributed by atoms with Crippen molar-refractivity contribution in [2.75, 3.05) is 42.4 Å². The van der Waals surface area contributed by atoms with Crippen LogP contribution in [-0.2, 0) is 114 Å². The Morgan fingerprint density at radius 1 is 0.495 bits per heavy atom. The molecule has 9 rings (SSSR count). The Morgan fingerprint density at radius 3 is 1.34 bits per heavy atom. The summed E-state index contributed by atoms with van der Waals surface area (Å²) in [7, 11) is 10.9. The van der Waals surface area contributed by atoms with E-state index in [0.717, 1.165) is 0 Å². The predicted octanol–water partition coefficient (Wildman–Crippen LogP) is 9.68. The summed E-state index contributed by atoms with van der Waals surface area (Å²) < 4.78 is 119. The van der Waals surface area contributed by atoms with Gasteiger partial charge in [-0.2, -0.15) is 0 Å². The normalized spacial score (nSPS) is 46.8. The van der Waals surface area contributed by atoms with Gasteiger partial charge >= 0.3 is 36.2 Å². The molecule has 0 aromatic heterocycles. The van der Waals surface area contributed by atoms with Gasteiger partial charge in [0.1, 0.15) is 18.0 Å². The molecule has 0 radical (unpaired) electrons. The van der Waals surface area contributed by atoms with E-state index in [1.807, 2.05) is 107 Å². The predicted molar refractivity (Wildman–Crippen MR) is 399 cm³/mol. The Hall–Kier alpha value is -4.51. The molecule has 9 aliphatic heterocycles. The molecule has 0 spiro atoms. The Bertz CT molecular complexity index is 3160. The van der Waals surface area contributed by atoms with Crippen LogP contribution in [0.5, 0.6) is 0 Å². The fourth-order valence-electron chi connectivity index (χ4n) is 19.2. The minimum absolute atomic E-state index is 0.0936. The highest BCUT2D eigenvalue weighted by molar-refractivity contribution is 5.84. The third-order valence-corrected chi connectivity index (χ3v) is 25.4. The maximum Gasteiger partial charge on any atom is 0.509 e. The van der Waals surface area contributed by atoms with Gasteiger partial charge in [0, 0.05) is 77.4 Å². The maximum atomic E-state index is 14.5. The van der Waals surface area contributed by atoms with Gasteiger partial charge in [-0.05, 0) is 143 Å². The molecular formula is C81H136N2O28. The van der Waals surface area contributed by atoms with E-state index in [2.05, 4.69) is 0 Å². The van der Waals surface area contributed by atoms with Crippen LogP contribution in [-0.4, -0.2) is 267 Å². The van der Waals surface area contributed by atoms with E-state index in [9.17, 15) is 43.8 Å². The highest BCUT2D eigenvalue weighted by Gasteiger charge is 2.66. The molecule has 2 N–H and O–H groups in total. The molecule has 9 saturated heterocycles. The number of methoxy groups -OCH3 is 2. The highest BCUT2D eigenvalue weighted by atomic mass is 16.8. The van der Waals surface area contributed by atoms with Gasteiger partial charge in [0.15, 0.2) is 66.6 Å². The molecule has 0 aromatic carbocycles. The largest absolute Gasteiger partial charge is 0.509 e. The quantitative estimate of drug-likeness (QED) is 0.0952. The molecule has 35 atom stereocenters. The molecule has 111 heavy (non-hydrogen) atoms. The Morgan fingerprint density at radius 2 is 0.919 bits per heavy atom. The Balaban J connectivity index is 0.000000279. The summed E-state index contributed by atoms with van der Waals surface area (Å²) in [4.78, 5) is 97.9. The number of Topliss-reactive ketones (excluding diaryl/α,β-unsaturated/α-hetero) is 1. The topological polar surface area (TPSA) is 342 Å². The Labute approximate surface area is 657 Å². The van der Waals surface area contributed by atoms with Crippen LogP contribution in [0, 0.1) is 47.3 Å². The van der Waals surface area contributed by atoms with Crippen molar-refractivity contribution in [1.82, 2.24) is 9.80 Å². The number of esters is 4. The first kappa shape index (κ1) is 92.0. The van der Waals surface area contributed by atoms with Gasteiger partial charge in [-0.3, -0.25) is 24.0 Å². The number of likely N-dealkylation sites (N-methyl/N-ethyl adjacent to an activating group) is 2. The zero-order valence-electron chi connectivity index (χ0n) is 71.1. The van der Waals surface area contributed by atoms with Gasteiger partial charge in [-0.1, -0.05) is 68.2 Å². The second-order valence-corrected chi connectivity index (χ2v) is 35.4. The highest BCUT2D eigenvalue weighted by Crippen LogP contribution is 2.52. The SMILES string of the molecule is CCC[C@H]1OC(=O)[C@H](C)[C@@H](OC2CC(C)(OC)CC(C)O2)[C@H](C)[C@@H](OC2OC(C)CC(N(C)C)C2OC(C)=O)[C@H]2C[C@@H](C)[C@](O)(O2)[C@H](C)[C@H]2OC(=O)O[C@@]21C.CCC[C@H]1OC(=O)[C@H](C)[C@@H](OC2CC(C)(OC)CC(C)O2)[C@H](C)[C@@H](OC2OC(C)CC(N(C)C)C2OC(C)=O)[C@](C)(O)C[C@@H](C)C(=O)[C@H](C)[C@H]2OC(=O)O[C@@]21C. The van der Waals surface area contributed by atoms with E-state index in [1.54, 1.807) is 76.5 Å². The van der Waals surface area contributed by atoms with Gasteiger partial charge in [-0.25, -0.2) is 9.59 Å². The summed E-state index contributed by atoms with van der Waals surface area (Å²) >= 11 is 0. The third-order valence-electron chi connectivity index (χ3n) is 25.4. The number of carbonyl (C=O) groups excluding carboxylic acids is 7. The van der Waals surface area contributed by atoms with Crippen LogP contribution in [0.1, 0.15) is 222 Å². The number of hydrogen-bond donors (Lipinski definition) is 2. The lowest BCUT2D eigenvalue weighted by Gasteiger charge is -2.48. The fraction of sp³-hybridized carbons (Fsp3) is 0.914. The third kappa shape index (κ3) is 20.7. The molecule has 638 valence electrons. The van der Waals surface area contributed by atoms with E-state index in [0.29, 0.717) is 70.6 Å². The minimum atomic E-state index is -1.83. The van der Waals surface area contributed by atoms with E-state index in [1.165, 1.54) is 13.8 Å². The monoisotopic (exact) mass is 1580 g/mol. The van der Waals surface area contributed by atoms with Crippen molar-refractivity contribution in [2.24, 2.45) is 47.3 Å². The Kier molecular flexibility index (Phi) is 30.6. The molecule has 2 bridgehead atoms. The fourth-order valence-corrected chi connectivity index (χ4v) is 19.2. The van der Waals surface area contributed by atoms with Crippen LogP contribution in [0.25, 0.3) is 0 Å². The van der Waals surface area contributed by atoms with E-state index < -0.39 is 210 Å². The van der Waals surface area contributed by atoms with E-state index >= 15 is 0 Å². The van der Waals surface area contributed by atoms with Gasteiger partial charge in [0.05, 0.1) is 107 Å². The van der Waals surface area contributed by atoms with Crippen LogP contribution >= 0.6 is 0 Å². The molecule has 0 aromatic rings. The smallest absolute Gasteiger partial charge is 0.458 e. The second-order valence-electron chi connectivity index (χ2n) is 35.4. The molecule has 9 heterocycles. The van der Waals surface area contributed by atoms with Gasteiger partial charge < -0.3 is 110 Å². The number of aliphatic hydroxyl groups is 2. The average molecular weight is 1590 g/mol. The van der Waals surface area contributed by atoms with Crippen molar-refractivity contribution >= 4 is 42.0 Å². The first-order valence-corrected chi connectivity index (χ1v) is 40.5. The summed E-state index contributed by atoms with van der Waals surface area (Å²) in [6, 6.07) is -0.531. The first-order valence-electron chi connectivity index (χ1n) is 40.5. The van der Waals surface area contributed by atoms with Crippen molar-refractivity contribution in [1.29, 1.82) is 0 Å². The maximum absolute atomic E-state index is 14.5. The van der Waals surface area contributed by atoms with Crippen LogP contribution in [0.2, 0.25) is 0 Å². The average Bonchev–Trinajstić information content (AvgIpc) is 1.60. The van der Waals surface area contributed by atoms with Gasteiger partial charge in [-0.15, -0.1) is 0 Å². The number of ketones is 1. The zero-order valence-corrected chi connectivity index (χ0v) is 71.1. The molecule has 9 aliphatic rings. The molecule has 14 unspecified atom stereocenters. The molecular weight excluding hydrogens is 1450 g/mol. The summed E-state index contributed by atoms with van der Waals surface area (Å²) in [5.41, 5.74) is -5.84. The van der Waals surface area contributed by atoms with Crippen molar-refractivity contribution in [3.05, 3.63) is 0 Å². The second kappa shape index (κ2) is 37.0. The molecule has 0 saturated carbocycles. The number of nitrogens with zero attached hydrogens (tertiary/aromatic N) is 2. The number of hydrogen-bond acceptors (Lipinski definition) is 30. The lowest BCUT2D eigenvalue weighted by molar-refractivity contribution is -0.317. The van der Waals surface area contributed by atoms with Crippen molar-refractivity contribution in [2.45, 2.75) is 385 Å². The summed E-state index contributed by atoms with van der Waals surface area (Å²) in [6.07, 6.45) is -11.9. The number of carbonyl (C=O) groups is 7. The van der Waals surface area contributed by atoms with Crippen LogP contribution < -0.4 is 0 Å². The number of rotatable bonds is 18. The molecule has 0 amide bonds. The standard InChI is InChI=1S/C41H69NO14.C40H67NO14/c1-15-16-29-41(11)35(55-38(46)56-41)24(5)31(44)21(2)18-40(10,47)34(54-37-33(51-27(8)43)28(42(12)13)17-22(3)50-37)25(6)32(26(7)36(45)52-29)53-30-20-39(9,48-14)19-23(4)49-30;1-14-15-29-39(10)34(53-37(44)55-39)25(7)40(45)20(2)16-28(54-40)32(52-36-33(49-26(8)42)27(41(11)12)17-21(3)48-36)23(5)31(24(6)35(43)50-29)51-30-19-38(9,46-13)18-22(4)47-30/h21-26,28-30,32-35,37,47H,15-20H2,1-14H3;20-25,27-34,36,45H,14-19H2,1-13H3/t21-,22?,23?,24+,25+,26-,28?,29-,30?,32+,33?,34-,35-,37?,39?,40-,41-;20-,21?,22?,23+,24-,25-,27?,28-,29-,30?,31+,32-,33?,34-,36?,38?,39-,40+/m11/s1. The van der Waals surface area contributed by atoms with Crippen LogP contribution in [0.4, 0.5) is 9.59 Å². The number of ether oxygens (including phenoxy) is 19. The van der Waals surface area contributed by atoms with Crippen molar-refractivity contribution in [3.8, 4) is 0 Å². The molecule has 30 heteroatoms. The van der Waals surface area contributed by atoms with Gasteiger partial charge in [0.2, 0.25) is 0 Å². The van der Waals surface area contributed by atoms with Crippen molar-refractivity contribution < 1.29 is 134 Å². The zero-order chi connectivity index (χ0) is 82.9. The summed E-state index contributed by atoms with van der Waals surface area (Å²) in [5.74, 6) is -10.7. The lowest BCUT2D eigenvalue weighted by atomic mass is 9.74. The van der Waals surface area contributed by atoms with E-state index in [4.69, 9.17) is 90.0 Å². The van der Waals surface area contributed by atoms with Gasteiger partial charge in [0.25, 0.3) is 0 Å². The van der Waals surface area contributed by atoms with Crippen molar-refractivity contribution in [3.63, 3.8) is 0 Å². The van der Waals surface area contributed by atoms with Crippen LogP contribution in [0.15, 0.2) is 0 Å². The number of cyclic esters (lactones) is 2.